The Kier molecular flexibility index (Phi) is 6.86. The fourth-order valence-electron chi connectivity index (χ4n) is 3.19. The molecule has 0 aliphatic rings. The number of nitrogens with one attached hydrogen (secondary N) is 1. The first kappa shape index (κ1) is 22.3. The molecule has 0 aliphatic carbocycles. The molecule has 0 fully saturated rings. The average molecular weight is 464 g/mol. The summed E-state index contributed by atoms with van der Waals surface area (Å²) in [5, 5.41) is 20.7. The van der Waals surface area contributed by atoms with Crippen LogP contribution in [0.15, 0.2) is 54.9 Å². The molecule has 0 aliphatic heterocycles. The number of hydrogen-bond acceptors (Lipinski definition) is 9. The summed E-state index contributed by atoms with van der Waals surface area (Å²) in [6.45, 7) is 1.85. The van der Waals surface area contributed by atoms with Crippen LogP contribution in [0.5, 0.6) is 10.9 Å². The Morgan fingerprint density at radius 2 is 1.97 bits per heavy atom. The topological polar surface area (TPSA) is 119 Å². The van der Waals surface area contributed by atoms with Gasteiger partial charge in [-0.05, 0) is 36.5 Å². The average Bonchev–Trinajstić information content (AvgIpc) is 3.29. The van der Waals surface area contributed by atoms with Gasteiger partial charge in [0.1, 0.15) is 12.4 Å². The van der Waals surface area contributed by atoms with Gasteiger partial charge >= 0.3 is 0 Å². The number of hydrogen-bond donors (Lipinski definition) is 2. The highest BCUT2D eigenvalue weighted by molar-refractivity contribution is 7.17. The number of amides is 1. The Bertz CT molecular complexity index is 1280. The lowest BCUT2D eigenvalue weighted by atomic mass is 9.99. The summed E-state index contributed by atoms with van der Waals surface area (Å²) in [4.78, 5) is 21.5. The van der Waals surface area contributed by atoms with E-state index < -0.39 is 0 Å². The van der Waals surface area contributed by atoms with Gasteiger partial charge in [0.2, 0.25) is 5.13 Å². The molecule has 2 N–H and O–H groups in total. The molecule has 3 aromatic heterocycles. The zero-order chi connectivity index (χ0) is 23.2. The van der Waals surface area contributed by atoms with Crippen molar-refractivity contribution in [1.82, 2.24) is 20.2 Å². The van der Waals surface area contributed by atoms with E-state index in [0.29, 0.717) is 28.1 Å². The van der Waals surface area contributed by atoms with Crippen molar-refractivity contribution in [3.63, 3.8) is 0 Å². The fraction of sp³-hybridized carbons (Fsp3) is 0.174. The Hall–Kier alpha value is -3.89. The second kappa shape index (κ2) is 10.2. The molecule has 9 nitrogen and oxygen atoms in total. The van der Waals surface area contributed by atoms with Gasteiger partial charge in [0.15, 0.2) is 0 Å². The highest BCUT2D eigenvalue weighted by Crippen LogP contribution is 2.33. The molecular weight excluding hydrogens is 442 g/mol. The zero-order valence-corrected chi connectivity index (χ0v) is 18.8. The molecule has 10 heteroatoms. The molecule has 4 aromatic rings. The van der Waals surface area contributed by atoms with Crippen molar-refractivity contribution in [3.8, 4) is 22.1 Å². The van der Waals surface area contributed by atoms with Crippen molar-refractivity contribution in [1.29, 1.82) is 0 Å². The van der Waals surface area contributed by atoms with Gasteiger partial charge in [-0.3, -0.25) is 20.1 Å². The molecular formula is C23H21N5O4S. The third-order valence-corrected chi connectivity index (χ3v) is 5.55. The van der Waals surface area contributed by atoms with Crippen molar-refractivity contribution in [3.05, 3.63) is 77.4 Å². The Balaban J connectivity index is 1.51. The largest absolute Gasteiger partial charge is 0.496 e. The summed E-state index contributed by atoms with van der Waals surface area (Å²) < 4.78 is 11.1. The van der Waals surface area contributed by atoms with E-state index in [4.69, 9.17) is 9.47 Å². The van der Waals surface area contributed by atoms with Crippen molar-refractivity contribution >= 4 is 22.4 Å². The van der Waals surface area contributed by atoms with E-state index in [1.807, 2.05) is 37.3 Å². The van der Waals surface area contributed by atoms with Gasteiger partial charge in [-0.25, -0.2) is 0 Å². The number of carbonyl (C=O) groups is 1. The van der Waals surface area contributed by atoms with E-state index >= 15 is 0 Å². The van der Waals surface area contributed by atoms with Crippen LogP contribution in [0.1, 0.15) is 27.3 Å². The van der Waals surface area contributed by atoms with Crippen molar-refractivity contribution in [2.24, 2.45) is 0 Å². The lowest BCUT2D eigenvalue weighted by Crippen LogP contribution is -2.14. The van der Waals surface area contributed by atoms with Crippen LogP contribution in [-0.4, -0.2) is 38.3 Å². The van der Waals surface area contributed by atoms with Crippen LogP contribution in [-0.2, 0) is 13.2 Å². The van der Waals surface area contributed by atoms with Gasteiger partial charge in [-0.15, -0.1) is 5.10 Å². The number of carbonyl (C=O) groups excluding carboxylic acids is 1. The molecule has 0 saturated heterocycles. The molecule has 0 saturated carbocycles. The quantitative estimate of drug-likeness (QED) is 0.407. The monoisotopic (exact) mass is 463 g/mol. The maximum absolute atomic E-state index is 13.1. The number of nitrogens with zero attached hydrogens (tertiary/aromatic N) is 4. The molecule has 0 atom stereocenters. The van der Waals surface area contributed by atoms with Gasteiger partial charge in [-0.2, -0.15) is 0 Å². The minimum atomic E-state index is -0.376. The lowest BCUT2D eigenvalue weighted by Gasteiger charge is -2.13. The fourth-order valence-corrected chi connectivity index (χ4v) is 3.78. The van der Waals surface area contributed by atoms with Gasteiger partial charge in [-0.1, -0.05) is 29.4 Å². The molecule has 33 heavy (non-hydrogen) atoms. The first-order chi connectivity index (χ1) is 16.1. The molecule has 168 valence electrons. The summed E-state index contributed by atoms with van der Waals surface area (Å²) >= 11 is 1.09. The maximum atomic E-state index is 13.1. The number of pyridine rings is 2. The number of aromatic nitrogens is 4. The van der Waals surface area contributed by atoms with E-state index in [1.165, 1.54) is 6.20 Å². The number of aryl methyl sites for hydroxylation is 1. The summed E-state index contributed by atoms with van der Waals surface area (Å²) in [6, 6.07) is 12.8. The second-order valence-corrected chi connectivity index (χ2v) is 7.89. The number of rotatable bonds is 8. The minimum Gasteiger partial charge on any atom is -0.496 e. The van der Waals surface area contributed by atoms with Crippen LogP contribution in [0.3, 0.4) is 0 Å². The van der Waals surface area contributed by atoms with Crippen LogP contribution < -0.4 is 14.8 Å². The van der Waals surface area contributed by atoms with Crippen molar-refractivity contribution in [2.45, 2.75) is 20.1 Å². The van der Waals surface area contributed by atoms with Gasteiger partial charge in [0.25, 0.3) is 11.1 Å². The van der Waals surface area contributed by atoms with E-state index in [1.54, 1.807) is 25.4 Å². The third kappa shape index (κ3) is 5.13. The number of para-hydroxylation sites is 1. The SMILES string of the molecule is COc1ccccc1-c1cc(C)ncc1C(=O)Nc1nnc(OCc2ncccc2CO)s1. The first-order valence-electron chi connectivity index (χ1n) is 10.0. The normalized spacial score (nSPS) is 10.6. The number of benzene rings is 1. The lowest BCUT2D eigenvalue weighted by molar-refractivity contribution is 0.102. The van der Waals surface area contributed by atoms with E-state index in [9.17, 15) is 9.90 Å². The first-order valence-corrected chi connectivity index (χ1v) is 10.8. The van der Waals surface area contributed by atoms with Gasteiger partial charge < -0.3 is 14.6 Å². The van der Waals surface area contributed by atoms with Crippen LogP contribution in [0, 0.1) is 6.92 Å². The smallest absolute Gasteiger partial charge is 0.296 e. The maximum Gasteiger partial charge on any atom is 0.296 e. The predicted molar refractivity (Wildman–Crippen MR) is 123 cm³/mol. The predicted octanol–water partition coefficient (Wildman–Crippen LogP) is 3.64. The highest BCUT2D eigenvalue weighted by atomic mass is 32.1. The molecule has 0 bridgehead atoms. The van der Waals surface area contributed by atoms with Crippen LogP contribution >= 0.6 is 11.3 Å². The molecule has 3 heterocycles. The van der Waals surface area contributed by atoms with Crippen LogP contribution in [0.25, 0.3) is 11.1 Å². The summed E-state index contributed by atoms with van der Waals surface area (Å²) in [6.07, 6.45) is 3.15. The van der Waals surface area contributed by atoms with E-state index in [2.05, 4.69) is 25.5 Å². The van der Waals surface area contributed by atoms with Crippen LogP contribution in [0.4, 0.5) is 5.13 Å². The summed E-state index contributed by atoms with van der Waals surface area (Å²) in [5.74, 6) is 0.277. The highest BCUT2D eigenvalue weighted by Gasteiger charge is 2.18. The molecule has 1 amide bonds. The molecule has 0 unspecified atom stereocenters. The molecule has 4 rings (SSSR count). The van der Waals surface area contributed by atoms with E-state index in [0.717, 1.165) is 22.6 Å². The summed E-state index contributed by atoms with van der Waals surface area (Å²) in [5.41, 5.74) is 3.91. The van der Waals surface area contributed by atoms with Crippen molar-refractivity contribution < 1.29 is 19.4 Å². The number of methoxy groups -OCH3 is 1. The standard InChI is InChI=1S/C23H21N5O4S/c1-14-10-17(16-7-3-4-8-20(16)31-2)18(11-25-14)21(30)26-22-27-28-23(33-22)32-13-19-15(12-29)6-5-9-24-19/h3-11,29H,12-13H2,1-2H3,(H,26,27,30). The van der Waals surface area contributed by atoms with E-state index in [-0.39, 0.29) is 29.4 Å². The number of aliphatic hydroxyl groups excluding tert-OH is 1. The number of ether oxygens (including phenoxy) is 2. The Labute approximate surface area is 194 Å². The van der Waals surface area contributed by atoms with Crippen LogP contribution in [0.2, 0.25) is 0 Å². The summed E-state index contributed by atoms with van der Waals surface area (Å²) in [7, 11) is 1.59. The van der Waals surface area contributed by atoms with Crippen molar-refractivity contribution in [2.75, 3.05) is 12.4 Å². The zero-order valence-electron chi connectivity index (χ0n) is 18.0. The Morgan fingerprint density at radius 3 is 2.79 bits per heavy atom. The second-order valence-electron chi connectivity index (χ2n) is 6.95. The minimum absolute atomic E-state index is 0.124. The number of aliphatic hydroxyl groups is 1. The van der Waals surface area contributed by atoms with Gasteiger partial charge in [0, 0.05) is 34.8 Å². The van der Waals surface area contributed by atoms with Gasteiger partial charge in [0.05, 0.1) is 25.0 Å². The third-order valence-electron chi connectivity index (χ3n) is 4.80. The molecule has 0 spiro atoms. The molecule has 0 radical (unpaired) electrons. The Morgan fingerprint density at radius 1 is 1.12 bits per heavy atom. The molecule has 1 aromatic carbocycles. The number of anilines is 1.